The third kappa shape index (κ3) is 3.62. The van der Waals surface area contributed by atoms with Crippen LogP contribution in [0.4, 0.5) is 11.4 Å². The van der Waals surface area contributed by atoms with Gasteiger partial charge in [-0.3, -0.25) is 29.6 Å². The van der Waals surface area contributed by atoms with Crippen molar-refractivity contribution in [2.45, 2.75) is 19.9 Å². The highest BCUT2D eigenvalue weighted by atomic mass is 16.6. The van der Waals surface area contributed by atoms with Gasteiger partial charge in [0.25, 0.3) is 17.4 Å². The molecule has 8 heteroatoms. The fourth-order valence-electron chi connectivity index (χ4n) is 3.95. The van der Waals surface area contributed by atoms with E-state index in [4.69, 9.17) is 0 Å². The van der Waals surface area contributed by atoms with E-state index in [1.54, 1.807) is 36.7 Å². The van der Waals surface area contributed by atoms with Gasteiger partial charge >= 0.3 is 0 Å². The Bertz CT molecular complexity index is 1250. The minimum atomic E-state index is -0.880. The molecule has 1 aliphatic rings. The van der Waals surface area contributed by atoms with Crippen molar-refractivity contribution in [1.29, 1.82) is 0 Å². The van der Waals surface area contributed by atoms with Crippen LogP contribution in [0.2, 0.25) is 0 Å². The quantitative estimate of drug-likeness (QED) is 0.218. The molecule has 1 aliphatic heterocycles. The van der Waals surface area contributed by atoms with Gasteiger partial charge in [-0.25, -0.2) is 0 Å². The molecule has 0 saturated carbocycles. The van der Waals surface area contributed by atoms with E-state index in [1.807, 2.05) is 19.9 Å². The topological polar surface area (TPSA) is 114 Å². The molecule has 1 unspecified atom stereocenters. The van der Waals surface area contributed by atoms with Gasteiger partial charge in [-0.2, -0.15) is 0 Å². The van der Waals surface area contributed by atoms with Crippen LogP contribution in [0.25, 0.3) is 5.76 Å². The van der Waals surface area contributed by atoms with Crippen molar-refractivity contribution in [3.8, 4) is 0 Å². The molecule has 1 atom stereocenters. The fraction of sp³-hybridized carbons (Fsp3) is 0.125. The number of nitrogens with zero attached hydrogens (tertiary/aromatic N) is 3. The number of pyridine rings is 1. The molecule has 0 bridgehead atoms. The molecule has 1 N–H and O–H groups in total. The third-order valence-electron chi connectivity index (χ3n) is 5.30. The molecule has 1 fully saturated rings. The molecule has 1 amide bonds. The van der Waals surface area contributed by atoms with E-state index in [0.29, 0.717) is 11.3 Å². The molecule has 2 heterocycles. The number of carbonyl (C=O) groups excluding carboxylic acids is 2. The number of aliphatic hydroxyl groups excluding tert-OH is 1. The van der Waals surface area contributed by atoms with E-state index < -0.39 is 28.4 Å². The van der Waals surface area contributed by atoms with Gasteiger partial charge in [0.1, 0.15) is 5.76 Å². The molecule has 1 aromatic heterocycles. The predicted octanol–water partition coefficient (Wildman–Crippen LogP) is 4.23. The van der Waals surface area contributed by atoms with Crippen molar-refractivity contribution in [3.05, 3.63) is 105 Å². The molecule has 0 aliphatic carbocycles. The lowest BCUT2D eigenvalue weighted by Crippen LogP contribution is -2.29. The summed E-state index contributed by atoms with van der Waals surface area (Å²) in [5, 5.41) is 22.0. The number of anilines is 1. The van der Waals surface area contributed by atoms with Crippen LogP contribution >= 0.6 is 0 Å². The van der Waals surface area contributed by atoms with Crippen molar-refractivity contribution >= 4 is 28.8 Å². The van der Waals surface area contributed by atoms with Crippen molar-refractivity contribution < 1.29 is 19.6 Å². The number of Topliss-reactive ketones (excluding diaryl/α,β-unsaturated/α-hetero) is 1. The normalized spacial score (nSPS) is 17.6. The number of aryl methyl sites for hydroxylation is 2. The summed E-state index contributed by atoms with van der Waals surface area (Å²) in [5.74, 6) is -1.99. The largest absolute Gasteiger partial charge is 0.507 e. The minimum absolute atomic E-state index is 0.0887. The first-order chi connectivity index (χ1) is 15.3. The average molecular weight is 429 g/mol. The van der Waals surface area contributed by atoms with Crippen LogP contribution in [0.1, 0.15) is 28.3 Å². The van der Waals surface area contributed by atoms with E-state index in [9.17, 15) is 24.8 Å². The van der Waals surface area contributed by atoms with Crippen molar-refractivity contribution in [1.82, 2.24) is 4.98 Å². The van der Waals surface area contributed by atoms with Crippen LogP contribution < -0.4 is 4.90 Å². The molecule has 4 rings (SSSR count). The summed E-state index contributed by atoms with van der Waals surface area (Å²) < 4.78 is 0. The van der Waals surface area contributed by atoms with Crippen molar-refractivity contribution in [2.75, 3.05) is 4.90 Å². The minimum Gasteiger partial charge on any atom is -0.507 e. The van der Waals surface area contributed by atoms with Gasteiger partial charge in [-0.15, -0.1) is 0 Å². The summed E-state index contributed by atoms with van der Waals surface area (Å²) in [6, 6.07) is 13.2. The molecule has 160 valence electrons. The second-order valence-corrected chi connectivity index (χ2v) is 7.60. The number of benzene rings is 2. The van der Waals surface area contributed by atoms with Gasteiger partial charge in [-0.05, 0) is 66.9 Å². The number of amides is 1. The van der Waals surface area contributed by atoms with E-state index in [-0.39, 0.29) is 16.8 Å². The Labute approximate surface area is 183 Å². The zero-order valence-electron chi connectivity index (χ0n) is 17.4. The Morgan fingerprint density at radius 1 is 1.00 bits per heavy atom. The standard InChI is InChI=1S/C24H19N3O5/c1-14-11-15(2)13-19(12-14)26-21(16-7-9-25-10-8-16)20(23(29)24(26)30)22(28)17-3-5-18(6-4-17)27(31)32/h3-13,21,28H,1-2H3/b22-20-. The van der Waals surface area contributed by atoms with Gasteiger partial charge in [0.15, 0.2) is 0 Å². The van der Waals surface area contributed by atoms with Gasteiger partial charge in [0.05, 0.1) is 16.5 Å². The number of rotatable bonds is 4. The molecular formula is C24H19N3O5. The van der Waals surface area contributed by atoms with Gasteiger partial charge in [-0.1, -0.05) is 6.07 Å². The highest BCUT2D eigenvalue weighted by Crippen LogP contribution is 2.42. The Hall–Kier alpha value is -4.33. The predicted molar refractivity (Wildman–Crippen MR) is 118 cm³/mol. The maximum atomic E-state index is 13.1. The fourth-order valence-corrected chi connectivity index (χ4v) is 3.95. The zero-order chi connectivity index (χ0) is 23.0. The lowest BCUT2D eigenvalue weighted by molar-refractivity contribution is -0.384. The van der Waals surface area contributed by atoms with Crippen LogP contribution in [-0.4, -0.2) is 26.7 Å². The third-order valence-corrected chi connectivity index (χ3v) is 5.30. The summed E-state index contributed by atoms with van der Waals surface area (Å²) in [6.45, 7) is 3.79. The Morgan fingerprint density at radius 3 is 2.16 bits per heavy atom. The van der Waals surface area contributed by atoms with Crippen LogP contribution in [0.3, 0.4) is 0 Å². The number of ketones is 1. The molecular weight excluding hydrogens is 410 g/mol. The van der Waals surface area contributed by atoms with Crippen molar-refractivity contribution in [2.24, 2.45) is 0 Å². The number of hydrogen-bond acceptors (Lipinski definition) is 6. The molecule has 0 radical (unpaired) electrons. The summed E-state index contributed by atoms with van der Waals surface area (Å²) in [4.78, 5) is 42.0. The number of nitro groups is 1. The van der Waals surface area contributed by atoms with Gasteiger partial charge in [0, 0.05) is 35.8 Å². The highest BCUT2D eigenvalue weighted by Gasteiger charge is 2.47. The highest BCUT2D eigenvalue weighted by molar-refractivity contribution is 6.51. The molecule has 32 heavy (non-hydrogen) atoms. The second-order valence-electron chi connectivity index (χ2n) is 7.60. The lowest BCUT2D eigenvalue weighted by Gasteiger charge is -2.26. The molecule has 8 nitrogen and oxygen atoms in total. The number of carbonyl (C=O) groups is 2. The van der Waals surface area contributed by atoms with Crippen LogP contribution in [0.5, 0.6) is 0 Å². The lowest BCUT2D eigenvalue weighted by atomic mass is 9.95. The zero-order valence-corrected chi connectivity index (χ0v) is 17.4. The smallest absolute Gasteiger partial charge is 0.300 e. The van der Waals surface area contributed by atoms with E-state index >= 15 is 0 Å². The van der Waals surface area contributed by atoms with E-state index in [1.165, 1.54) is 29.2 Å². The van der Waals surface area contributed by atoms with Gasteiger partial charge in [0.2, 0.25) is 0 Å². The molecule has 2 aromatic carbocycles. The monoisotopic (exact) mass is 429 g/mol. The number of aromatic nitrogens is 1. The van der Waals surface area contributed by atoms with Gasteiger partial charge < -0.3 is 5.11 Å². The number of nitro benzene ring substituents is 1. The van der Waals surface area contributed by atoms with Crippen molar-refractivity contribution in [3.63, 3.8) is 0 Å². The van der Waals surface area contributed by atoms with Crippen LogP contribution in [0, 0.1) is 24.0 Å². The average Bonchev–Trinajstić information content (AvgIpc) is 3.04. The van der Waals surface area contributed by atoms with E-state index in [0.717, 1.165) is 11.1 Å². The summed E-state index contributed by atoms with van der Waals surface area (Å²) >= 11 is 0. The first-order valence-electron chi connectivity index (χ1n) is 9.82. The summed E-state index contributed by atoms with van der Waals surface area (Å²) in [5.41, 5.74) is 2.94. The Morgan fingerprint density at radius 2 is 1.59 bits per heavy atom. The summed E-state index contributed by atoms with van der Waals surface area (Å²) in [7, 11) is 0. The number of aliphatic hydroxyl groups is 1. The molecule has 0 spiro atoms. The molecule has 1 saturated heterocycles. The van der Waals surface area contributed by atoms with E-state index in [2.05, 4.69) is 4.98 Å². The number of hydrogen-bond donors (Lipinski definition) is 1. The Balaban J connectivity index is 1.92. The summed E-state index contributed by atoms with van der Waals surface area (Å²) in [6.07, 6.45) is 3.09. The first kappa shape index (κ1) is 20.9. The SMILES string of the molecule is Cc1cc(C)cc(N2C(=O)C(=O)/C(=C(\O)c3ccc([N+](=O)[O-])cc3)C2c2ccncc2)c1. The maximum Gasteiger partial charge on any atom is 0.300 e. The number of non-ortho nitro benzene ring substituents is 1. The van der Waals surface area contributed by atoms with Crippen LogP contribution in [-0.2, 0) is 9.59 Å². The molecule has 3 aromatic rings. The maximum absolute atomic E-state index is 13.1. The second kappa shape index (κ2) is 8.07. The Kier molecular flexibility index (Phi) is 5.28. The first-order valence-corrected chi connectivity index (χ1v) is 9.82. The van der Waals surface area contributed by atoms with Crippen LogP contribution in [0.15, 0.2) is 72.6 Å².